The first kappa shape index (κ1) is 32.0. The third-order valence-electron chi connectivity index (χ3n) is 6.31. The van der Waals surface area contributed by atoms with Crippen molar-refractivity contribution in [3.8, 4) is 0 Å². The van der Waals surface area contributed by atoms with E-state index in [1.165, 1.54) is 103 Å². The summed E-state index contributed by atoms with van der Waals surface area (Å²) in [6, 6.07) is 0. The molecule has 0 unspecified atom stereocenters. The zero-order valence-electron chi connectivity index (χ0n) is 20.9. The predicted molar refractivity (Wildman–Crippen MR) is 135 cm³/mol. The largest absolute Gasteiger partial charge is 0.481 e. The van der Waals surface area contributed by atoms with Gasteiger partial charge in [0.1, 0.15) is 0 Å². The lowest BCUT2D eigenvalue weighted by atomic mass is 10.0. The van der Waals surface area contributed by atoms with E-state index in [-0.39, 0.29) is 6.42 Å². The van der Waals surface area contributed by atoms with Gasteiger partial charge in [-0.15, -0.1) is 0 Å². The third kappa shape index (κ3) is 25.5. The van der Waals surface area contributed by atoms with Crippen LogP contribution in [0.25, 0.3) is 0 Å². The second-order valence-corrected chi connectivity index (χ2v) is 10.9. The number of unbranched alkanes of at least 4 members (excludes halogenated alkanes) is 21. The third-order valence-corrected chi connectivity index (χ3v) is 7.09. The normalized spacial score (nSPS) is 11.7. The van der Waals surface area contributed by atoms with Crippen LogP contribution in [0, 0.1) is 0 Å². The first-order valence-corrected chi connectivity index (χ1v) is 15.0. The first-order valence-electron chi connectivity index (χ1n) is 13.6. The molecule has 0 bridgehead atoms. The van der Waals surface area contributed by atoms with Crippen molar-refractivity contribution in [3.05, 3.63) is 0 Å². The van der Waals surface area contributed by atoms with Crippen molar-refractivity contribution in [2.75, 3.05) is 0 Å². The summed E-state index contributed by atoms with van der Waals surface area (Å²) in [6.45, 7) is 0. The van der Waals surface area contributed by atoms with Crippen LogP contribution in [0.15, 0.2) is 0 Å². The van der Waals surface area contributed by atoms with Gasteiger partial charge in [0.05, 0.1) is 0 Å². The molecule has 0 aromatic carbocycles. The fourth-order valence-corrected chi connectivity index (χ4v) is 4.61. The van der Waals surface area contributed by atoms with E-state index in [0.717, 1.165) is 32.1 Å². The highest BCUT2D eigenvalue weighted by atomic mass is 32.2. The molecule has 0 rings (SSSR count). The fourth-order valence-electron chi connectivity index (χ4n) is 4.21. The van der Waals surface area contributed by atoms with Crippen molar-refractivity contribution in [1.82, 2.24) is 0 Å². The van der Waals surface area contributed by atoms with Gasteiger partial charge in [-0.3, -0.25) is 14.1 Å². The number of hydrogen-bond acceptors (Lipinski definition) is 4. The molecule has 0 aromatic rings. The number of carboxylic acids is 1. The average molecular weight is 491 g/mol. The Labute approximate surface area is 203 Å². The summed E-state index contributed by atoms with van der Waals surface area (Å²) < 4.78 is 29.8. The number of aliphatic carboxylic acids is 1. The Balaban J connectivity index is 3.12. The second-order valence-electron chi connectivity index (χ2n) is 9.52. The second kappa shape index (κ2) is 22.8. The molecule has 0 aliphatic carbocycles. The monoisotopic (exact) mass is 490 g/mol. The number of carboxylic acid groups (broad SMARTS) is 1. The smallest absolute Gasteiger partial charge is 0.328 e. The number of rotatable bonds is 25. The van der Waals surface area contributed by atoms with Gasteiger partial charge in [0.25, 0.3) is 5.12 Å². The van der Waals surface area contributed by atoms with Crippen molar-refractivity contribution in [2.45, 2.75) is 154 Å². The van der Waals surface area contributed by atoms with Gasteiger partial charge in [-0.1, -0.05) is 128 Å². The molecule has 6 nitrogen and oxygen atoms in total. The van der Waals surface area contributed by atoms with Gasteiger partial charge < -0.3 is 5.11 Å². The maximum Gasteiger partial charge on any atom is 0.328 e. The van der Waals surface area contributed by atoms with E-state index >= 15 is 0 Å². The Bertz CT molecular complexity index is 573. The molecule has 196 valence electrons. The molecule has 0 amide bonds. The van der Waals surface area contributed by atoms with Crippen molar-refractivity contribution in [1.29, 1.82) is 0 Å². The van der Waals surface area contributed by atoms with Crippen LogP contribution in [0.1, 0.15) is 154 Å². The van der Waals surface area contributed by atoms with Gasteiger partial charge in [0.15, 0.2) is 0 Å². The molecule has 0 aliphatic heterocycles. The minimum Gasteiger partial charge on any atom is -0.481 e. The molecule has 0 fully saturated rings. The van der Waals surface area contributed by atoms with Gasteiger partial charge in [0.2, 0.25) is 0 Å². The Morgan fingerprint density at radius 3 is 0.848 bits per heavy atom. The Morgan fingerprint density at radius 1 is 0.424 bits per heavy atom. The predicted octanol–water partition coefficient (Wildman–Crippen LogP) is 7.85. The molecule has 0 spiro atoms. The van der Waals surface area contributed by atoms with Crippen LogP contribution in [0.3, 0.4) is 0 Å². The van der Waals surface area contributed by atoms with E-state index in [1.54, 1.807) is 0 Å². The van der Waals surface area contributed by atoms with Gasteiger partial charge in [-0.25, -0.2) is 0 Å². The van der Waals surface area contributed by atoms with Gasteiger partial charge in [0, 0.05) is 12.8 Å². The van der Waals surface area contributed by atoms with Gasteiger partial charge >= 0.3 is 16.1 Å². The molecular weight excluding hydrogens is 440 g/mol. The summed E-state index contributed by atoms with van der Waals surface area (Å²) in [5.41, 5.74) is 0. The van der Waals surface area contributed by atoms with E-state index < -0.39 is 21.2 Å². The lowest BCUT2D eigenvalue weighted by Gasteiger charge is -2.04. The Hall–Kier alpha value is -0.950. The quantitative estimate of drug-likeness (QED) is 0.0996. The molecule has 0 saturated heterocycles. The molecule has 0 radical (unpaired) electrons. The minimum atomic E-state index is -4.48. The van der Waals surface area contributed by atoms with Crippen molar-refractivity contribution in [2.24, 2.45) is 0 Å². The van der Waals surface area contributed by atoms with Crippen LogP contribution in [0.5, 0.6) is 0 Å². The maximum atomic E-state index is 11.0. The van der Waals surface area contributed by atoms with Crippen LogP contribution in [-0.4, -0.2) is 29.2 Å². The zero-order chi connectivity index (χ0) is 24.6. The van der Waals surface area contributed by atoms with E-state index in [9.17, 15) is 18.0 Å². The summed E-state index contributed by atoms with van der Waals surface area (Å²) in [5.74, 6) is -0.674. The molecule has 0 aromatic heterocycles. The van der Waals surface area contributed by atoms with Crippen molar-refractivity contribution >= 4 is 21.2 Å². The molecule has 7 heteroatoms. The standard InChI is InChI=1S/C26H50O6S/c27-25(28)23-21-19-17-15-13-11-9-7-5-3-1-2-4-6-8-10-12-14-16-18-20-22-24-26(29)33(30,31)32/h1-24H2,(H,27,28)(H,30,31,32). The summed E-state index contributed by atoms with van der Waals surface area (Å²) >= 11 is 0. The highest BCUT2D eigenvalue weighted by Crippen LogP contribution is 2.15. The minimum absolute atomic E-state index is 0.0718. The molecule has 33 heavy (non-hydrogen) atoms. The highest BCUT2D eigenvalue weighted by molar-refractivity contribution is 8.01. The van der Waals surface area contributed by atoms with Gasteiger partial charge in [-0.05, 0) is 12.8 Å². The van der Waals surface area contributed by atoms with E-state index in [4.69, 9.17) is 9.66 Å². The first-order chi connectivity index (χ1) is 15.8. The van der Waals surface area contributed by atoms with Crippen molar-refractivity contribution in [3.63, 3.8) is 0 Å². The van der Waals surface area contributed by atoms with Crippen LogP contribution in [-0.2, 0) is 19.7 Å². The molecule has 2 N–H and O–H groups in total. The number of hydrogen-bond donors (Lipinski definition) is 2. The van der Waals surface area contributed by atoms with Crippen LogP contribution < -0.4 is 0 Å². The number of carbonyl (C=O) groups is 2. The molecule has 0 heterocycles. The maximum absolute atomic E-state index is 11.0. The van der Waals surface area contributed by atoms with Crippen LogP contribution in [0.2, 0.25) is 0 Å². The molecule has 0 saturated carbocycles. The summed E-state index contributed by atoms with van der Waals surface area (Å²) in [6.07, 6.45) is 26.6. The SMILES string of the molecule is O=C(O)CCCCCCCCCCCCCCCCCCCCCCCCC(=O)S(=O)(=O)O. The van der Waals surface area contributed by atoms with E-state index in [0.29, 0.717) is 12.8 Å². The molecule has 0 atom stereocenters. The lowest BCUT2D eigenvalue weighted by molar-refractivity contribution is -0.137. The van der Waals surface area contributed by atoms with Crippen LogP contribution >= 0.6 is 0 Å². The van der Waals surface area contributed by atoms with Gasteiger partial charge in [-0.2, -0.15) is 8.42 Å². The Kier molecular flexibility index (Phi) is 22.2. The summed E-state index contributed by atoms with van der Waals surface area (Å²) in [7, 11) is -4.48. The zero-order valence-corrected chi connectivity index (χ0v) is 21.7. The van der Waals surface area contributed by atoms with E-state index in [1.807, 2.05) is 0 Å². The van der Waals surface area contributed by atoms with Crippen LogP contribution in [0.4, 0.5) is 0 Å². The topological polar surface area (TPSA) is 109 Å². The molecular formula is C26H50O6S. The molecule has 0 aliphatic rings. The average Bonchev–Trinajstić information content (AvgIpc) is 2.75. The fraction of sp³-hybridized carbons (Fsp3) is 0.923. The highest BCUT2D eigenvalue weighted by Gasteiger charge is 2.16. The Morgan fingerprint density at radius 2 is 0.636 bits per heavy atom. The van der Waals surface area contributed by atoms with E-state index in [2.05, 4.69) is 0 Å². The summed E-state index contributed by atoms with van der Waals surface area (Å²) in [4.78, 5) is 21.5. The number of carbonyl (C=O) groups excluding carboxylic acids is 1. The summed E-state index contributed by atoms with van der Waals surface area (Å²) in [5, 5.41) is 7.53. The van der Waals surface area contributed by atoms with Crippen molar-refractivity contribution < 1.29 is 27.7 Å². The lowest BCUT2D eigenvalue weighted by Crippen LogP contribution is -2.12.